The monoisotopic (exact) mass is 610 g/mol. The van der Waals surface area contributed by atoms with E-state index in [1.807, 2.05) is 24.4 Å². The number of hydrogen-bond donors (Lipinski definition) is 1. The van der Waals surface area contributed by atoms with Crippen LogP contribution in [0.15, 0.2) is 85.2 Å². The fraction of sp³-hybridized carbons (Fsp3) is 0.286. The molecule has 2 aliphatic heterocycles. The van der Waals surface area contributed by atoms with Gasteiger partial charge in [-0.25, -0.2) is 4.98 Å². The molecule has 0 radical (unpaired) electrons. The number of aromatic nitrogens is 2. The highest BCUT2D eigenvalue weighted by atomic mass is 35.5. The SMILES string of the molecule is C=C(Cc1ccc(C)cc1)N1CCc2c([nH]c3ccc(Cl)cc23)C1c1ccc(Oc2ncc(CN3CCOCC3)s2)cc1. The van der Waals surface area contributed by atoms with Crippen molar-refractivity contribution in [3.63, 3.8) is 0 Å². The fourth-order valence-electron chi connectivity index (χ4n) is 6.20. The highest BCUT2D eigenvalue weighted by Gasteiger charge is 2.32. The Morgan fingerprint density at radius 2 is 1.86 bits per heavy atom. The topological polar surface area (TPSA) is 53.6 Å². The van der Waals surface area contributed by atoms with E-state index in [2.05, 4.69) is 81.8 Å². The first-order valence-corrected chi connectivity index (χ1v) is 16.0. The third-order valence-electron chi connectivity index (χ3n) is 8.44. The maximum atomic E-state index is 6.42. The summed E-state index contributed by atoms with van der Waals surface area (Å²) in [4.78, 5) is 14.3. The van der Waals surface area contributed by atoms with Gasteiger partial charge in [-0.3, -0.25) is 4.90 Å². The van der Waals surface area contributed by atoms with Crippen molar-refractivity contribution in [1.82, 2.24) is 19.8 Å². The highest BCUT2D eigenvalue weighted by molar-refractivity contribution is 7.13. The zero-order valence-corrected chi connectivity index (χ0v) is 25.9. The highest BCUT2D eigenvalue weighted by Crippen LogP contribution is 2.41. The number of aromatic amines is 1. The summed E-state index contributed by atoms with van der Waals surface area (Å²) in [7, 11) is 0. The predicted octanol–water partition coefficient (Wildman–Crippen LogP) is 7.91. The van der Waals surface area contributed by atoms with E-state index in [1.54, 1.807) is 11.3 Å². The Bertz CT molecular complexity index is 1740. The van der Waals surface area contributed by atoms with Crippen molar-refractivity contribution in [1.29, 1.82) is 0 Å². The largest absolute Gasteiger partial charge is 0.431 e. The third-order valence-corrected chi connectivity index (χ3v) is 9.54. The quantitative estimate of drug-likeness (QED) is 0.193. The van der Waals surface area contributed by atoms with Crippen LogP contribution >= 0.6 is 22.9 Å². The number of ether oxygens (including phenoxy) is 2. The normalized spacial score (nSPS) is 17.3. The lowest BCUT2D eigenvalue weighted by atomic mass is 9.91. The maximum Gasteiger partial charge on any atom is 0.278 e. The van der Waals surface area contributed by atoms with Crippen molar-refractivity contribution in [3.05, 3.63) is 123 Å². The summed E-state index contributed by atoms with van der Waals surface area (Å²) < 4.78 is 11.7. The van der Waals surface area contributed by atoms with Crippen LogP contribution in [0.4, 0.5) is 0 Å². The average Bonchev–Trinajstić information content (AvgIpc) is 3.62. The Morgan fingerprint density at radius 1 is 1.07 bits per heavy atom. The van der Waals surface area contributed by atoms with E-state index >= 15 is 0 Å². The Balaban J connectivity index is 1.15. The van der Waals surface area contributed by atoms with Gasteiger partial charge in [0.25, 0.3) is 5.19 Å². The number of morpholine rings is 1. The van der Waals surface area contributed by atoms with E-state index in [-0.39, 0.29) is 6.04 Å². The molecular formula is C35H35ClN4O2S. The summed E-state index contributed by atoms with van der Waals surface area (Å²) in [5.74, 6) is 0.778. The van der Waals surface area contributed by atoms with E-state index in [1.165, 1.54) is 38.2 Å². The minimum atomic E-state index is 0.00177. The Hall–Kier alpha value is -3.62. The Kier molecular flexibility index (Phi) is 7.97. The zero-order valence-electron chi connectivity index (χ0n) is 24.3. The molecule has 1 N–H and O–H groups in total. The standard InChI is InChI=1S/C35H35ClN4O2S/c1-23-3-5-25(6-4-23)19-24(2)40-14-13-30-31-20-27(36)9-12-32(31)38-33(30)34(40)26-7-10-28(11-8-26)42-35-37-21-29(43-35)22-39-15-17-41-18-16-39/h3-12,20-21,34,38H,2,13-19,22H2,1H3. The van der Waals surface area contributed by atoms with Crippen molar-refractivity contribution >= 4 is 33.8 Å². The molecule has 3 aromatic carbocycles. The molecule has 2 aromatic heterocycles. The summed E-state index contributed by atoms with van der Waals surface area (Å²) in [5.41, 5.74) is 8.47. The second kappa shape index (κ2) is 12.2. The number of halogens is 1. The number of rotatable bonds is 8. The number of H-pyrrole nitrogens is 1. The molecule has 1 atom stereocenters. The van der Waals surface area contributed by atoms with Gasteiger partial charge in [-0.1, -0.05) is 71.5 Å². The van der Waals surface area contributed by atoms with Crippen molar-refractivity contribution in [2.75, 3.05) is 32.8 Å². The van der Waals surface area contributed by atoms with Gasteiger partial charge in [0, 0.05) is 71.0 Å². The number of allylic oxidation sites excluding steroid dienone is 1. The molecule has 220 valence electrons. The molecule has 1 saturated heterocycles. The molecule has 4 heterocycles. The zero-order chi connectivity index (χ0) is 29.3. The van der Waals surface area contributed by atoms with Crippen LogP contribution in [0.5, 0.6) is 10.9 Å². The van der Waals surface area contributed by atoms with E-state index in [0.29, 0.717) is 5.19 Å². The van der Waals surface area contributed by atoms with Crippen molar-refractivity contribution in [2.45, 2.75) is 32.4 Å². The summed E-state index contributed by atoms with van der Waals surface area (Å²) in [6, 6.07) is 23.3. The Labute approximate surface area is 261 Å². The molecule has 0 spiro atoms. The summed E-state index contributed by atoms with van der Waals surface area (Å²) >= 11 is 8.02. The molecule has 6 nitrogen and oxygen atoms in total. The van der Waals surface area contributed by atoms with Gasteiger partial charge in [-0.05, 0) is 60.4 Å². The average molecular weight is 611 g/mol. The van der Waals surface area contributed by atoms with Crippen LogP contribution in [0.1, 0.15) is 38.9 Å². The van der Waals surface area contributed by atoms with E-state index in [4.69, 9.17) is 21.1 Å². The van der Waals surface area contributed by atoms with Crippen LogP contribution in [0, 0.1) is 6.92 Å². The van der Waals surface area contributed by atoms with Crippen LogP contribution in [-0.2, 0) is 24.1 Å². The van der Waals surface area contributed by atoms with E-state index in [9.17, 15) is 0 Å². The molecular weight excluding hydrogens is 576 g/mol. The number of thiazole rings is 1. The summed E-state index contributed by atoms with van der Waals surface area (Å²) in [6.07, 6.45) is 3.65. The number of fused-ring (bicyclic) bond motifs is 3. The first-order chi connectivity index (χ1) is 21.0. The molecule has 5 aromatic rings. The van der Waals surface area contributed by atoms with Gasteiger partial charge < -0.3 is 19.4 Å². The van der Waals surface area contributed by atoms with Crippen LogP contribution in [0.2, 0.25) is 5.02 Å². The molecule has 43 heavy (non-hydrogen) atoms. The second-order valence-corrected chi connectivity index (χ2v) is 12.9. The lowest BCUT2D eigenvalue weighted by Crippen LogP contribution is -2.35. The van der Waals surface area contributed by atoms with Crippen molar-refractivity contribution < 1.29 is 9.47 Å². The summed E-state index contributed by atoms with van der Waals surface area (Å²) in [5, 5.41) is 2.62. The Morgan fingerprint density at radius 3 is 2.65 bits per heavy atom. The van der Waals surface area contributed by atoms with Crippen LogP contribution in [0.3, 0.4) is 0 Å². The number of nitrogens with zero attached hydrogens (tertiary/aromatic N) is 3. The first kappa shape index (κ1) is 28.2. The lowest BCUT2D eigenvalue weighted by Gasteiger charge is -2.39. The van der Waals surface area contributed by atoms with Gasteiger partial charge in [0.05, 0.1) is 19.3 Å². The van der Waals surface area contributed by atoms with Crippen LogP contribution in [0.25, 0.3) is 10.9 Å². The molecule has 0 saturated carbocycles. The number of aryl methyl sites for hydroxylation is 1. The van der Waals surface area contributed by atoms with Gasteiger partial charge in [0.1, 0.15) is 5.75 Å². The molecule has 2 aliphatic rings. The molecule has 1 unspecified atom stereocenters. The van der Waals surface area contributed by atoms with Gasteiger partial charge >= 0.3 is 0 Å². The lowest BCUT2D eigenvalue weighted by molar-refractivity contribution is 0.0346. The molecule has 0 amide bonds. The maximum absolute atomic E-state index is 6.42. The molecule has 7 rings (SSSR count). The first-order valence-electron chi connectivity index (χ1n) is 14.8. The summed E-state index contributed by atoms with van der Waals surface area (Å²) in [6.45, 7) is 12.0. The smallest absolute Gasteiger partial charge is 0.278 e. The fourth-order valence-corrected chi connectivity index (χ4v) is 7.19. The van der Waals surface area contributed by atoms with Crippen molar-refractivity contribution in [3.8, 4) is 10.9 Å². The van der Waals surface area contributed by atoms with E-state index < -0.39 is 0 Å². The predicted molar refractivity (Wildman–Crippen MR) is 174 cm³/mol. The molecule has 1 fully saturated rings. The van der Waals surface area contributed by atoms with Gasteiger partial charge in [0.15, 0.2) is 0 Å². The number of nitrogens with one attached hydrogen (secondary N) is 1. The minimum Gasteiger partial charge on any atom is -0.431 e. The second-order valence-electron chi connectivity index (χ2n) is 11.4. The van der Waals surface area contributed by atoms with Gasteiger partial charge in [-0.15, -0.1) is 0 Å². The van der Waals surface area contributed by atoms with E-state index in [0.717, 1.165) is 74.2 Å². The van der Waals surface area contributed by atoms with Crippen LogP contribution in [-0.4, -0.2) is 52.6 Å². The number of benzene rings is 3. The molecule has 8 heteroatoms. The minimum absolute atomic E-state index is 0.00177. The molecule has 0 aliphatic carbocycles. The van der Waals surface area contributed by atoms with Gasteiger partial charge in [-0.2, -0.15) is 0 Å². The number of hydrogen-bond acceptors (Lipinski definition) is 6. The third kappa shape index (κ3) is 6.08. The van der Waals surface area contributed by atoms with Crippen molar-refractivity contribution in [2.24, 2.45) is 0 Å². The van der Waals surface area contributed by atoms with Crippen LogP contribution < -0.4 is 4.74 Å². The van der Waals surface area contributed by atoms with Gasteiger partial charge in [0.2, 0.25) is 0 Å². The molecule has 0 bridgehead atoms.